The van der Waals surface area contributed by atoms with Crippen molar-refractivity contribution >= 4 is 5.91 Å². The van der Waals surface area contributed by atoms with Gasteiger partial charge in [0.2, 0.25) is 12.7 Å². The summed E-state index contributed by atoms with van der Waals surface area (Å²) in [5.74, 6) is 2.82. The van der Waals surface area contributed by atoms with Crippen LogP contribution >= 0.6 is 0 Å². The van der Waals surface area contributed by atoms with E-state index in [9.17, 15) is 4.79 Å². The van der Waals surface area contributed by atoms with E-state index in [1.165, 1.54) is 0 Å². The van der Waals surface area contributed by atoms with Gasteiger partial charge in [0.05, 0.1) is 13.7 Å². The Morgan fingerprint density at radius 3 is 2.76 bits per heavy atom. The Bertz CT molecular complexity index is 732. The van der Waals surface area contributed by atoms with Crippen LogP contribution in [0.25, 0.3) is 0 Å². The van der Waals surface area contributed by atoms with Crippen molar-refractivity contribution in [2.45, 2.75) is 12.8 Å². The molecule has 132 valence electrons. The molecule has 0 spiro atoms. The smallest absolute Gasteiger partial charge is 0.231 e. The number of carbonyl (C=O) groups excluding carboxylic acids is 1. The molecule has 1 aliphatic rings. The summed E-state index contributed by atoms with van der Waals surface area (Å²) in [7, 11) is 1.60. The summed E-state index contributed by atoms with van der Waals surface area (Å²) in [6.45, 7) is 1.08. The topological polar surface area (TPSA) is 66.0 Å². The van der Waals surface area contributed by atoms with E-state index in [2.05, 4.69) is 5.32 Å². The lowest BCUT2D eigenvalue weighted by molar-refractivity contribution is -0.121. The number of hydrogen-bond acceptors (Lipinski definition) is 5. The van der Waals surface area contributed by atoms with Crippen LogP contribution in [0.3, 0.4) is 0 Å². The molecule has 0 saturated heterocycles. The highest BCUT2D eigenvalue weighted by Crippen LogP contribution is 2.32. The minimum Gasteiger partial charge on any atom is -0.493 e. The molecule has 1 aliphatic heterocycles. The first kappa shape index (κ1) is 17.0. The number of aryl methyl sites for hydroxylation is 1. The third-order valence-corrected chi connectivity index (χ3v) is 3.83. The Kier molecular flexibility index (Phi) is 5.61. The van der Waals surface area contributed by atoms with Crippen LogP contribution in [0.1, 0.15) is 12.0 Å². The zero-order valence-electron chi connectivity index (χ0n) is 14.1. The SMILES string of the molecule is COc1ccccc1OCCNC(=O)CCc1ccc2c(c1)OCO2. The van der Waals surface area contributed by atoms with Gasteiger partial charge in [0.15, 0.2) is 23.0 Å². The summed E-state index contributed by atoms with van der Waals surface area (Å²) < 4.78 is 21.4. The lowest BCUT2D eigenvalue weighted by Gasteiger charge is -2.11. The Labute approximate surface area is 146 Å². The van der Waals surface area contributed by atoms with E-state index in [1.54, 1.807) is 7.11 Å². The number of ether oxygens (including phenoxy) is 4. The number of para-hydroxylation sites is 2. The largest absolute Gasteiger partial charge is 0.493 e. The van der Waals surface area contributed by atoms with Gasteiger partial charge in [0.1, 0.15) is 6.61 Å². The van der Waals surface area contributed by atoms with Crippen molar-refractivity contribution in [3.63, 3.8) is 0 Å². The molecule has 0 saturated carbocycles. The first-order valence-corrected chi connectivity index (χ1v) is 8.17. The van der Waals surface area contributed by atoms with Gasteiger partial charge < -0.3 is 24.3 Å². The monoisotopic (exact) mass is 343 g/mol. The minimum absolute atomic E-state index is 0.0127. The second-order valence-electron chi connectivity index (χ2n) is 5.54. The second kappa shape index (κ2) is 8.28. The zero-order chi connectivity index (χ0) is 17.5. The Hall–Kier alpha value is -2.89. The van der Waals surface area contributed by atoms with Gasteiger partial charge in [0, 0.05) is 6.42 Å². The normalized spacial score (nSPS) is 11.9. The molecule has 0 unspecified atom stereocenters. The van der Waals surface area contributed by atoms with Crippen molar-refractivity contribution in [1.29, 1.82) is 0 Å². The van der Waals surface area contributed by atoms with Gasteiger partial charge in [-0.25, -0.2) is 0 Å². The van der Waals surface area contributed by atoms with Crippen LogP contribution in [-0.2, 0) is 11.2 Å². The maximum atomic E-state index is 11.9. The van der Waals surface area contributed by atoms with E-state index < -0.39 is 0 Å². The van der Waals surface area contributed by atoms with Gasteiger partial charge in [-0.2, -0.15) is 0 Å². The number of nitrogens with one attached hydrogen (secondary N) is 1. The number of benzene rings is 2. The Morgan fingerprint density at radius 2 is 1.92 bits per heavy atom. The van der Waals surface area contributed by atoms with Crippen molar-refractivity contribution in [3.8, 4) is 23.0 Å². The maximum absolute atomic E-state index is 11.9. The summed E-state index contributed by atoms with van der Waals surface area (Å²) in [4.78, 5) is 11.9. The average molecular weight is 343 g/mol. The highest BCUT2D eigenvalue weighted by molar-refractivity contribution is 5.76. The molecule has 0 fully saturated rings. The molecule has 25 heavy (non-hydrogen) atoms. The minimum atomic E-state index is -0.0127. The Morgan fingerprint density at radius 1 is 1.12 bits per heavy atom. The van der Waals surface area contributed by atoms with E-state index in [4.69, 9.17) is 18.9 Å². The van der Waals surface area contributed by atoms with Gasteiger partial charge in [-0.05, 0) is 36.2 Å². The zero-order valence-corrected chi connectivity index (χ0v) is 14.1. The van der Waals surface area contributed by atoms with E-state index >= 15 is 0 Å². The quantitative estimate of drug-likeness (QED) is 0.746. The molecule has 2 aromatic rings. The van der Waals surface area contributed by atoms with Crippen LogP contribution in [0, 0.1) is 0 Å². The van der Waals surface area contributed by atoms with Crippen LogP contribution in [-0.4, -0.2) is 33.0 Å². The van der Waals surface area contributed by atoms with Gasteiger partial charge >= 0.3 is 0 Å². The Balaban J connectivity index is 1.37. The van der Waals surface area contributed by atoms with Crippen LogP contribution in [0.2, 0.25) is 0 Å². The van der Waals surface area contributed by atoms with E-state index in [0.29, 0.717) is 37.5 Å². The molecule has 1 N–H and O–H groups in total. The number of rotatable bonds is 8. The van der Waals surface area contributed by atoms with Gasteiger partial charge in [-0.15, -0.1) is 0 Å². The molecule has 2 aromatic carbocycles. The molecule has 0 aromatic heterocycles. The fourth-order valence-electron chi connectivity index (χ4n) is 2.53. The predicted octanol–water partition coefficient (Wildman–Crippen LogP) is 2.55. The van der Waals surface area contributed by atoms with Gasteiger partial charge in [-0.3, -0.25) is 4.79 Å². The number of hydrogen-bond donors (Lipinski definition) is 1. The molecule has 0 radical (unpaired) electrons. The first-order valence-electron chi connectivity index (χ1n) is 8.17. The molecule has 6 nitrogen and oxygen atoms in total. The number of fused-ring (bicyclic) bond motifs is 1. The molecule has 6 heteroatoms. The number of amides is 1. The summed E-state index contributed by atoms with van der Waals surface area (Å²) in [5, 5.41) is 2.85. The lowest BCUT2D eigenvalue weighted by atomic mass is 10.1. The van der Waals surface area contributed by atoms with Crippen LogP contribution < -0.4 is 24.3 Å². The first-order chi connectivity index (χ1) is 12.3. The molecule has 0 aliphatic carbocycles. The van der Waals surface area contributed by atoms with E-state index in [-0.39, 0.29) is 12.7 Å². The number of carbonyl (C=O) groups is 1. The van der Waals surface area contributed by atoms with Crippen LogP contribution in [0.4, 0.5) is 0 Å². The molecule has 1 amide bonds. The maximum Gasteiger partial charge on any atom is 0.231 e. The molecule has 3 rings (SSSR count). The van der Waals surface area contributed by atoms with Crippen LogP contribution in [0.5, 0.6) is 23.0 Å². The summed E-state index contributed by atoms with van der Waals surface area (Å²) >= 11 is 0. The molecule has 0 atom stereocenters. The summed E-state index contributed by atoms with van der Waals surface area (Å²) in [6.07, 6.45) is 1.06. The molecule has 1 heterocycles. The van der Waals surface area contributed by atoms with Crippen molar-refractivity contribution in [2.75, 3.05) is 27.1 Å². The van der Waals surface area contributed by atoms with Crippen molar-refractivity contribution < 1.29 is 23.7 Å². The van der Waals surface area contributed by atoms with Crippen molar-refractivity contribution in [3.05, 3.63) is 48.0 Å². The average Bonchev–Trinajstić information content (AvgIpc) is 3.11. The molecular weight excluding hydrogens is 322 g/mol. The number of methoxy groups -OCH3 is 1. The third-order valence-electron chi connectivity index (χ3n) is 3.83. The van der Waals surface area contributed by atoms with E-state index in [1.807, 2.05) is 42.5 Å². The predicted molar refractivity (Wildman–Crippen MR) is 92.4 cm³/mol. The fraction of sp³-hybridized carbons (Fsp3) is 0.316. The summed E-state index contributed by atoms with van der Waals surface area (Å²) in [5.41, 5.74) is 1.05. The standard InChI is InChI=1S/C19H21NO5/c1-22-15-4-2-3-5-16(15)23-11-10-20-19(21)9-7-14-6-8-17-18(12-14)25-13-24-17/h2-6,8,12H,7,9-11,13H2,1H3,(H,20,21). The third kappa shape index (κ3) is 4.56. The lowest BCUT2D eigenvalue weighted by Crippen LogP contribution is -2.28. The van der Waals surface area contributed by atoms with Crippen molar-refractivity contribution in [1.82, 2.24) is 5.32 Å². The fourth-order valence-corrected chi connectivity index (χ4v) is 2.53. The van der Waals surface area contributed by atoms with Gasteiger partial charge in [0.25, 0.3) is 0 Å². The highest BCUT2D eigenvalue weighted by Gasteiger charge is 2.13. The molecule has 0 bridgehead atoms. The van der Waals surface area contributed by atoms with Crippen molar-refractivity contribution in [2.24, 2.45) is 0 Å². The summed E-state index contributed by atoms with van der Waals surface area (Å²) in [6, 6.07) is 13.2. The molecular formula is C19H21NO5. The second-order valence-corrected chi connectivity index (χ2v) is 5.54. The van der Waals surface area contributed by atoms with Crippen LogP contribution in [0.15, 0.2) is 42.5 Å². The van der Waals surface area contributed by atoms with Gasteiger partial charge in [-0.1, -0.05) is 18.2 Å². The van der Waals surface area contributed by atoms with E-state index in [0.717, 1.165) is 17.1 Å². The highest BCUT2D eigenvalue weighted by atomic mass is 16.7.